The van der Waals surface area contributed by atoms with Gasteiger partial charge in [-0.25, -0.2) is 4.98 Å². The summed E-state index contributed by atoms with van der Waals surface area (Å²) in [6.07, 6.45) is 4.38. The zero-order valence-corrected chi connectivity index (χ0v) is 16.3. The molecule has 0 aliphatic carbocycles. The molecule has 0 saturated carbocycles. The van der Waals surface area contributed by atoms with E-state index in [1.807, 2.05) is 53.2 Å². The average Bonchev–Trinajstić information content (AvgIpc) is 3.32. The number of hydrazine groups is 1. The van der Waals surface area contributed by atoms with Gasteiger partial charge < -0.3 is 9.30 Å². The van der Waals surface area contributed by atoms with Crippen molar-refractivity contribution in [1.29, 1.82) is 0 Å². The predicted molar refractivity (Wildman–Crippen MR) is 113 cm³/mol. The monoisotopic (exact) mass is 400 g/mol. The molecule has 7 heteroatoms. The number of benzene rings is 3. The Morgan fingerprint density at radius 1 is 0.967 bits per heavy atom. The summed E-state index contributed by atoms with van der Waals surface area (Å²) in [6.45, 7) is 1.62. The van der Waals surface area contributed by atoms with Crippen molar-refractivity contribution in [2.24, 2.45) is 0 Å². The molecule has 4 aromatic rings. The van der Waals surface area contributed by atoms with E-state index < -0.39 is 17.9 Å². The van der Waals surface area contributed by atoms with E-state index in [1.54, 1.807) is 43.7 Å². The van der Waals surface area contributed by atoms with Crippen LogP contribution in [-0.2, 0) is 4.79 Å². The van der Waals surface area contributed by atoms with E-state index in [0.717, 1.165) is 16.5 Å². The van der Waals surface area contributed by atoms with Crippen molar-refractivity contribution < 1.29 is 14.3 Å². The molecule has 3 aromatic carbocycles. The standard InChI is InChI=1S/C23H20N4O3/c1-16(30-21-11-8-17-4-2-3-5-19(17)14-21)22(28)25-26-23(29)18-6-9-20(10-7-18)27-13-12-24-15-27/h2-16H,1H3,(H,25,28)(H,26,29). The van der Waals surface area contributed by atoms with Crippen LogP contribution in [0.2, 0.25) is 0 Å². The van der Waals surface area contributed by atoms with Gasteiger partial charge in [0.25, 0.3) is 11.8 Å². The van der Waals surface area contributed by atoms with Gasteiger partial charge in [0.15, 0.2) is 6.10 Å². The van der Waals surface area contributed by atoms with Gasteiger partial charge in [-0.1, -0.05) is 30.3 Å². The number of aromatic nitrogens is 2. The van der Waals surface area contributed by atoms with E-state index in [0.29, 0.717) is 11.3 Å². The molecule has 1 heterocycles. The molecular formula is C23H20N4O3. The van der Waals surface area contributed by atoms with Crippen LogP contribution in [0.5, 0.6) is 5.75 Å². The fourth-order valence-electron chi connectivity index (χ4n) is 2.99. The highest BCUT2D eigenvalue weighted by Crippen LogP contribution is 2.21. The molecule has 0 fully saturated rings. The first kappa shape index (κ1) is 19.2. The van der Waals surface area contributed by atoms with Gasteiger partial charge in [-0.3, -0.25) is 20.4 Å². The summed E-state index contributed by atoms with van der Waals surface area (Å²) in [7, 11) is 0. The van der Waals surface area contributed by atoms with Gasteiger partial charge in [-0.15, -0.1) is 0 Å². The molecule has 0 spiro atoms. The Kier molecular flexibility index (Phi) is 5.43. The lowest BCUT2D eigenvalue weighted by Gasteiger charge is -2.15. The van der Waals surface area contributed by atoms with Crippen LogP contribution in [-0.4, -0.2) is 27.5 Å². The molecule has 1 aromatic heterocycles. The highest BCUT2D eigenvalue weighted by atomic mass is 16.5. The predicted octanol–water partition coefficient (Wildman–Crippen LogP) is 3.25. The van der Waals surface area contributed by atoms with Crippen LogP contribution in [0, 0.1) is 0 Å². The minimum Gasteiger partial charge on any atom is -0.481 e. The number of hydrogen-bond acceptors (Lipinski definition) is 4. The van der Waals surface area contributed by atoms with Gasteiger partial charge in [-0.05, 0) is 54.1 Å². The normalized spacial score (nSPS) is 11.6. The zero-order valence-electron chi connectivity index (χ0n) is 16.3. The summed E-state index contributed by atoms with van der Waals surface area (Å²) >= 11 is 0. The Hall–Kier alpha value is -4.13. The number of carbonyl (C=O) groups excluding carboxylic acids is 2. The van der Waals surface area contributed by atoms with Crippen LogP contribution in [0.25, 0.3) is 16.5 Å². The topological polar surface area (TPSA) is 85.3 Å². The summed E-state index contributed by atoms with van der Waals surface area (Å²) in [4.78, 5) is 28.6. The number of rotatable bonds is 5. The third-order valence-electron chi connectivity index (χ3n) is 4.63. The number of hydrogen-bond donors (Lipinski definition) is 2. The summed E-state index contributed by atoms with van der Waals surface area (Å²) in [5, 5.41) is 2.11. The average molecular weight is 400 g/mol. The van der Waals surface area contributed by atoms with Crippen molar-refractivity contribution in [1.82, 2.24) is 20.4 Å². The number of imidazole rings is 1. The number of nitrogens with zero attached hydrogens (tertiary/aromatic N) is 2. The highest BCUT2D eigenvalue weighted by molar-refractivity contribution is 5.96. The van der Waals surface area contributed by atoms with E-state index in [2.05, 4.69) is 15.8 Å². The van der Waals surface area contributed by atoms with Gasteiger partial charge in [-0.2, -0.15) is 0 Å². The Labute approximate surface area is 173 Å². The first-order valence-electron chi connectivity index (χ1n) is 9.44. The minimum atomic E-state index is -0.782. The van der Waals surface area contributed by atoms with Gasteiger partial charge in [0.1, 0.15) is 5.75 Å². The first-order chi connectivity index (χ1) is 14.6. The maximum atomic E-state index is 12.3. The Bertz CT molecular complexity index is 1170. The molecule has 0 radical (unpaired) electrons. The molecule has 2 amide bonds. The lowest BCUT2D eigenvalue weighted by Crippen LogP contribution is -2.47. The largest absolute Gasteiger partial charge is 0.481 e. The van der Waals surface area contributed by atoms with Crippen LogP contribution >= 0.6 is 0 Å². The Morgan fingerprint density at radius 3 is 2.47 bits per heavy atom. The van der Waals surface area contributed by atoms with Crippen LogP contribution in [0.1, 0.15) is 17.3 Å². The number of nitrogens with one attached hydrogen (secondary N) is 2. The fourth-order valence-corrected chi connectivity index (χ4v) is 2.99. The SMILES string of the molecule is CC(Oc1ccc2ccccc2c1)C(=O)NNC(=O)c1ccc(-n2ccnc2)cc1. The van der Waals surface area contributed by atoms with Crippen molar-refractivity contribution in [3.8, 4) is 11.4 Å². The van der Waals surface area contributed by atoms with Crippen LogP contribution in [0.3, 0.4) is 0 Å². The second-order valence-corrected chi connectivity index (χ2v) is 6.73. The van der Waals surface area contributed by atoms with Gasteiger partial charge in [0, 0.05) is 23.6 Å². The van der Waals surface area contributed by atoms with E-state index in [9.17, 15) is 9.59 Å². The fraction of sp³-hybridized carbons (Fsp3) is 0.0870. The number of amides is 2. The second-order valence-electron chi connectivity index (χ2n) is 6.73. The van der Waals surface area contributed by atoms with Crippen LogP contribution in [0.4, 0.5) is 0 Å². The summed E-state index contributed by atoms with van der Waals surface area (Å²) < 4.78 is 7.54. The molecule has 0 bridgehead atoms. The van der Waals surface area contributed by atoms with Crippen molar-refractivity contribution in [2.75, 3.05) is 0 Å². The Balaban J connectivity index is 1.32. The lowest BCUT2D eigenvalue weighted by molar-refractivity contribution is -0.128. The molecule has 0 aliphatic rings. The van der Waals surface area contributed by atoms with Gasteiger partial charge in [0.05, 0.1) is 6.33 Å². The van der Waals surface area contributed by atoms with E-state index in [-0.39, 0.29) is 0 Å². The molecule has 4 rings (SSSR count). The summed E-state index contributed by atoms with van der Waals surface area (Å²) in [5.41, 5.74) is 6.11. The van der Waals surface area contributed by atoms with Crippen LogP contribution < -0.4 is 15.6 Å². The lowest BCUT2D eigenvalue weighted by atomic mass is 10.1. The smallest absolute Gasteiger partial charge is 0.279 e. The van der Waals surface area contributed by atoms with Crippen molar-refractivity contribution in [2.45, 2.75) is 13.0 Å². The quantitative estimate of drug-likeness (QED) is 0.504. The van der Waals surface area contributed by atoms with Gasteiger partial charge in [0.2, 0.25) is 0 Å². The van der Waals surface area contributed by atoms with Gasteiger partial charge >= 0.3 is 0 Å². The molecule has 2 N–H and O–H groups in total. The first-order valence-corrected chi connectivity index (χ1v) is 9.44. The molecule has 7 nitrogen and oxygen atoms in total. The summed E-state index contributed by atoms with van der Waals surface area (Å²) in [5.74, 6) is -0.289. The van der Waals surface area contributed by atoms with Crippen LogP contribution in [0.15, 0.2) is 85.5 Å². The highest BCUT2D eigenvalue weighted by Gasteiger charge is 2.16. The van der Waals surface area contributed by atoms with Crippen molar-refractivity contribution in [3.05, 3.63) is 91.0 Å². The van der Waals surface area contributed by atoms with E-state index >= 15 is 0 Å². The van der Waals surface area contributed by atoms with Crippen molar-refractivity contribution in [3.63, 3.8) is 0 Å². The summed E-state index contributed by atoms with van der Waals surface area (Å²) in [6, 6.07) is 20.5. The molecule has 1 unspecified atom stereocenters. The van der Waals surface area contributed by atoms with Crippen molar-refractivity contribution >= 4 is 22.6 Å². The number of fused-ring (bicyclic) bond motifs is 1. The number of ether oxygens (including phenoxy) is 1. The molecule has 1 atom stereocenters. The second kappa shape index (κ2) is 8.48. The Morgan fingerprint density at radius 2 is 1.73 bits per heavy atom. The molecule has 0 aliphatic heterocycles. The minimum absolute atomic E-state index is 0.418. The number of carbonyl (C=O) groups is 2. The molecule has 30 heavy (non-hydrogen) atoms. The van der Waals surface area contributed by atoms with E-state index in [4.69, 9.17) is 4.74 Å². The third kappa shape index (κ3) is 4.30. The third-order valence-corrected chi connectivity index (χ3v) is 4.63. The maximum Gasteiger partial charge on any atom is 0.279 e. The maximum absolute atomic E-state index is 12.3. The zero-order chi connectivity index (χ0) is 20.9. The molecule has 150 valence electrons. The molecular weight excluding hydrogens is 380 g/mol. The van der Waals surface area contributed by atoms with E-state index in [1.165, 1.54) is 0 Å². The molecule has 0 saturated heterocycles.